The Morgan fingerprint density at radius 1 is 1.06 bits per heavy atom. The summed E-state index contributed by atoms with van der Waals surface area (Å²) in [7, 11) is 0. The summed E-state index contributed by atoms with van der Waals surface area (Å²) in [5.41, 5.74) is 7.37. The Hall–Kier alpha value is -2.23. The molecule has 1 aromatic carbocycles. The summed E-state index contributed by atoms with van der Waals surface area (Å²) in [5.74, 6) is -0.527. The van der Waals surface area contributed by atoms with Crippen LogP contribution in [0.15, 0.2) is 42.7 Å². The van der Waals surface area contributed by atoms with Crippen LogP contribution in [-0.2, 0) is 12.8 Å². The Labute approximate surface area is 99.5 Å². The molecule has 2 aromatic rings. The zero-order chi connectivity index (χ0) is 12.1. The van der Waals surface area contributed by atoms with Crippen molar-refractivity contribution in [2.24, 2.45) is 5.73 Å². The highest BCUT2D eigenvalue weighted by atomic mass is 16.1. The molecular formula is C13H13N3O. The minimum Gasteiger partial charge on any atom is -0.364 e. The molecule has 4 heteroatoms. The van der Waals surface area contributed by atoms with Crippen molar-refractivity contribution in [3.63, 3.8) is 0 Å². The molecule has 1 amide bonds. The van der Waals surface area contributed by atoms with Crippen molar-refractivity contribution in [2.45, 2.75) is 12.8 Å². The second-order valence-electron chi connectivity index (χ2n) is 3.70. The molecule has 0 aliphatic heterocycles. The maximum absolute atomic E-state index is 11.2. The van der Waals surface area contributed by atoms with E-state index >= 15 is 0 Å². The molecular weight excluding hydrogens is 214 g/mol. The van der Waals surface area contributed by atoms with Crippen LogP contribution in [0.5, 0.6) is 0 Å². The van der Waals surface area contributed by atoms with Crippen LogP contribution in [0.2, 0.25) is 0 Å². The number of primary amides is 1. The Morgan fingerprint density at radius 3 is 2.47 bits per heavy atom. The summed E-state index contributed by atoms with van der Waals surface area (Å²) in [6, 6.07) is 10.0. The van der Waals surface area contributed by atoms with Gasteiger partial charge in [0.05, 0.1) is 5.69 Å². The smallest absolute Gasteiger partial charge is 0.269 e. The molecule has 17 heavy (non-hydrogen) atoms. The zero-order valence-electron chi connectivity index (χ0n) is 9.34. The number of nitrogens with two attached hydrogens (primary N) is 1. The fourth-order valence-electron chi connectivity index (χ4n) is 1.66. The Balaban J connectivity index is 2.12. The second-order valence-corrected chi connectivity index (χ2v) is 3.70. The summed E-state index contributed by atoms with van der Waals surface area (Å²) in [5, 5.41) is 0. The van der Waals surface area contributed by atoms with Crippen molar-refractivity contribution in [1.82, 2.24) is 9.97 Å². The molecule has 0 radical (unpaired) electrons. The topological polar surface area (TPSA) is 68.9 Å². The third-order valence-corrected chi connectivity index (χ3v) is 2.50. The van der Waals surface area contributed by atoms with Gasteiger partial charge in [0.2, 0.25) is 0 Å². The van der Waals surface area contributed by atoms with Gasteiger partial charge in [0.25, 0.3) is 5.91 Å². The average molecular weight is 227 g/mol. The highest BCUT2D eigenvalue weighted by Crippen LogP contribution is 2.07. The molecule has 0 bridgehead atoms. The molecule has 0 aliphatic carbocycles. The standard InChI is InChI=1S/C13H13N3O/c14-13(17)12-11(15-8-9-16-12)7-6-10-4-2-1-3-5-10/h1-5,8-9H,6-7H2,(H2,14,17). The van der Waals surface area contributed by atoms with E-state index in [1.165, 1.54) is 11.8 Å². The number of hydrogen-bond donors (Lipinski definition) is 1. The third-order valence-electron chi connectivity index (χ3n) is 2.50. The van der Waals surface area contributed by atoms with Gasteiger partial charge in [0, 0.05) is 12.4 Å². The number of aromatic nitrogens is 2. The molecule has 0 unspecified atom stereocenters. The van der Waals surface area contributed by atoms with Gasteiger partial charge >= 0.3 is 0 Å². The zero-order valence-corrected chi connectivity index (χ0v) is 9.34. The maximum atomic E-state index is 11.2. The van der Waals surface area contributed by atoms with Gasteiger partial charge in [-0.25, -0.2) is 4.98 Å². The first kappa shape index (κ1) is 11.3. The number of amides is 1. The maximum Gasteiger partial charge on any atom is 0.269 e. The quantitative estimate of drug-likeness (QED) is 0.857. The van der Waals surface area contributed by atoms with Crippen LogP contribution >= 0.6 is 0 Å². The molecule has 4 nitrogen and oxygen atoms in total. The van der Waals surface area contributed by atoms with Crippen molar-refractivity contribution in [3.05, 3.63) is 59.7 Å². The van der Waals surface area contributed by atoms with E-state index < -0.39 is 5.91 Å². The highest BCUT2D eigenvalue weighted by molar-refractivity contribution is 5.91. The van der Waals surface area contributed by atoms with E-state index in [0.29, 0.717) is 12.1 Å². The fourth-order valence-corrected chi connectivity index (χ4v) is 1.66. The summed E-state index contributed by atoms with van der Waals surface area (Å²) in [6.45, 7) is 0. The van der Waals surface area contributed by atoms with Crippen LogP contribution < -0.4 is 5.73 Å². The predicted molar refractivity (Wildman–Crippen MR) is 64.4 cm³/mol. The van der Waals surface area contributed by atoms with Crippen LogP contribution in [0.3, 0.4) is 0 Å². The van der Waals surface area contributed by atoms with E-state index in [9.17, 15) is 4.79 Å². The predicted octanol–water partition coefficient (Wildman–Crippen LogP) is 1.36. The molecule has 2 N–H and O–H groups in total. The van der Waals surface area contributed by atoms with Crippen LogP contribution in [0.25, 0.3) is 0 Å². The van der Waals surface area contributed by atoms with Crippen molar-refractivity contribution in [3.8, 4) is 0 Å². The van der Waals surface area contributed by atoms with Crippen molar-refractivity contribution in [2.75, 3.05) is 0 Å². The molecule has 0 atom stereocenters. The van der Waals surface area contributed by atoms with Gasteiger partial charge in [-0.05, 0) is 18.4 Å². The second kappa shape index (κ2) is 5.21. The molecule has 1 aromatic heterocycles. The van der Waals surface area contributed by atoms with Crippen LogP contribution in [-0.4, -0.2) is 15.9 Å². The SMILES string of the molecule is NC(=O)c1nccnc1CCc1ccccc1. The molecule has 86 valence electrons. The van der Waals surface area contributed by atoms with Crippen LogP contribution in [0.4, 0.5) is 0 Å². The summed E-state index contributed by atoms with van der Waals surface area (Å²) < 4.78 is 0. The normalized spacial score (nSPS) is 10.1. The molecule has 0 saturated heterocycles. The number of carbonyl (C=O) groups is 1. The lowest BCUT2D eigenvalue weighted by Gasteiger charge is -2.04. The van der Waals surface area contributed by atoms with Gasteiger partial charge < -0.3 is 5.73 Å². The lowest BCUT2D eigenvalue weighted by Crippen LogP contribution is -2.17. The van der Waals surface area contributed by atoms with E-state index in [-0.39, 0.29) is 5.69 Å². The van der Waals surface area contributed by atoms with Gasteiger partial charge in [-0.1, -0.05) is 30.3 Å². The average Bonchev–Trinajstić information content (AvgIpc) is 2.38. The first-order valence-electron chi connectivity index (χ1n) is 5.41. The van der Waals surface area contributed by atoms with Crippen molar-refractivity contribution >= 4 is 5.91 Å². The monoisotopic (exact) mass is 227 g/mol. The Morgan fingerprint density at radius 2 is 1.76 bits per heavy atom. The number of hydrogen-bond acceptors (Lipinski definition) is 3. The Bertz CT molecular complexity index is 511. The first-order valence-corrected chi connectivity index (χ1v) is 5.41. The summed E-state index contributed by atoms with van der Waals surface area (Å²) >= 11 is 0. The minimum absolute atomic E-state index is 0.267. The van der Waals surface area contributed by atoms with Gasteiger partial charge in [-0.15, -0.1) is 0 Å². The number of nitrogens with zero attached hydrogens (tertiary/aromatic N) is 2. The van der Waals surface area contributed by atoms with E-state index in [4.69, 9.17) is 5.73 Å². The van der Waals surface area contributed by atoms with Crippen molar-refractivity contribution < 1.29 is 4.79 Å². The van der Waals surface area contributed by atoms with Gasteiger partial charge in [0.1, 0.15) is 5.69 Å². The highest BCUT2D eigenvalue weighted by Gasteiger charge is 2.10. The van der Waals surface area contributed by atoms with Crippen molar-refractivity contribution in [1.29, 1.82) is 0 Å². The molecule has 2 rings (SSSR count). The summed E-state index contributed by atoms with van der Waals surface area (Å²) in [6.07, 6.45) is 4.54. The minimum atomic E-state index is -0.527. The van der Waals surface area contributed by atoms with Crippen LogP contribution in [0, 0.1) is 0 Å². The van der Waals surface area contributed by atoms with E-state index in [0.717, 1.165) is 6.42 Å². The number of aryl methyl sites for hydroxylation is 2. The van der Waals surface area contributed by atoms with E-state index in [1.54, 1.807) is 6.20 Å². The number of carbonyl (C=O) groups excluding carboxylic acids is 1. The molecule has 0 aliphatic rings. The third kappa shape index (κ3) is 2.87. The summed E-state index contributed by atoms with van der Waals surface area (Å²) in [4.78, 5) is 19.3. The number of rotatable bonds is 4. The largest absolute Gasteiger partial charge is 0.364 e. The van der Waals surface area contributed by atoms with E-state index in [2.05, 4.69) is 9.97 Å². The van der Waals surface area contributed by atoms with Crippen LogP contribution in [0.1, 0.15) is 21.7 Å². The van der Waals surface area contributed by atoms with Gasteiger partial charge in [0.15, 0.2) is 0 Å². The molecule has 0 fully saturated rings. The Kier molecular flexibility index (Phi) is 3.45. The molecule has 1 heterocycles. The lowest BCUT2D eigenvalue weighted by molar-refractivity contribution is 0.0994. The lowest BCUT2D eigenvalue weighted by atomic mass is 10.1. The number of benzene rings is 1. The first-order chi connectivity index (χ1) is 8.27. The fraction of sp³-hybridized carbons (Fsp3) is 0.154. The van der Waals surface area contributed by atoms with E-state index in [1.807, 2.05) is 30.3 Å². The van der Waals surface area contributed by atoms with Gasteiger partial charge in [-0.3, -0.25) is 9.78 Å². The molecule has 0 saturated carbocycles. The molecule has 0 spiro atoms. The van der Waals surface area contributed by atoms with Gasteiger partial charge in [-0.2, -0.15) is 0 Å².